The van der Waals surface area contributed by atoms with Gasteiger partial charge in [-0.3, -0.25) is 19.3 Å². The number of hydrogen-bond acceptors (Lipinski definition) is 5. The summed E-state index contributed by atoms with van der Waals surface area (Å²) in [6.07, 6.45) is 6.26. The van der Waals surface area contributed by atoms with Crippen molar-refractivity contribution < 1.29 is 14.7 Å². The van der Waals surface area contributed by atoms with Crippen LogP contribution < -0.4 is 10.6 Å². The number of aryl methyl sites for hydroxylation is 1. The van der Waals surface area contributed by atoms with Crippen molar-refractivity contribution >= 4 is 11.8 Å². The molecule has 0 radical (unpaired) electrons. The number of rotatable bonds is 7. The minimum absolute atomic E-state index is 0.154. The fourth-order valence-corrected chi connectivity index (χ4v) is 3.85. The zero-order valence-electron chi connectivity index (χ0n) is 17.1. The van der Waals surface area contributed by atoms with Crippen molar-refractivity contribution in [2.75, 3.05) is 13.2 Å². The largest absolute Gasteiger partial charge is 0.394 e. The molecule has 2 atom stereocenters. The number of carbonyl (C=O) groups excluding carboxylic acids is 2. The lowest BCUT2D eigenvalue weighted by Crippen LogP contribution is -2.35. The van der Waals surface area contributed by atoms with Crippen molar-refractivity contribution in [3.05, 3.63) is 83.4 Å². The molecule has 4 rings (SSSR count). The standard InChI is InChI=1S/C23H25N5O3/c29-15-20(17-5-2-1-3-6-17)27-23(31)19-14-26-28-10-8-16(11-21(19)28)12-25-22(30)18-7-4-9-24-13-18/h1-7,9,13-14,16,20,29H,8,10-12,15H2,(H,25,30)(H,27,31)/t16-,20+/m1/s1. The smallest absolute Gasteiger partial charge is 0.255 e. The van der Waals surface area contributed by atoms with Crippen molar-refractivity contribution in [3.8, 4) is 0 Å². The third kappa shape index (κ3) is 4.80. The molecule has 1 aromatic carbocycles. The quantitative estimate of drug-likeness (QED) is 0.540. The number of carbonyl (C=O) groups is 2. The van der Waals surface area contributed by atoms with Gasteiger partial charge in [0.05, 0.1) is 35.7 Å². The highest BCUT2D eigenvalue weighted by atomic mass is 16.3. The first-order chi connectivity index (χ1) is 15.2. The van der Waals surface area contributed by atoms with E-state index in [0.29, 0.717) is 30.6 Å². The summed E-state index contributed by atoms with van der Waals surface area (Å²) in [7, 11) is 0. The zero-order valence-corrected chi connectivity index (χ0v) is 17.1. The SMILES string of the molecule is O=C(NC[C@@H]1CCn2ncc(C(=O)N[C@@H](CO)c3ccccc3)c2C1)c1cccnc1. The number of nitrogens with zero attached hydrogens (tertiary/aromatic N) is 3. The predicted octanol–water partition coefficient (Wildman–Crippen LogP) is 1.73. The third-order valence-electron chi connectivity index (χ3n) is 5.59. The van der Waals surface area contributed by atoms with E-state index in [1.807, 2.05) is 35.0 Å². The second kappa shape index (κ2) is 9.53. The molecule has 0 saturated heterocycles. The van der Waals surface area contributed by atoms with Gasteiger partial charge in [0, 0.05) is 25.5 Å². The number of aliphatic hydroxyl groups is 1. The van der Waals surface area contributed by atoms with E-state index in [1.165, 1.54) is 6.20 Å². The summed E-state index contributed by atoms with van der Waals surface area (Å²) in [5.41, 5.74) is 2.74. The summed E-state index contributed by atoms with van der Waals surface area (Å²) in [6, 6.07) is 12.3. The number of nitrogens with one attached hydrogen (secondary N) is 2. The summed E-state index contributed by atoms with van der Waals surface area (Å²) in [4.78, 5) is 29.2. The van der Waals surface area contributed by atoms with Gasteiger partial charge in [-0.15, -0.1) is 0 Å². The summed E-state index contributed by atoms with van der Waals surface area (Å²) >= 11 is 0. The van der Waals surface area contributed by atoms with Crippen LogP contribution in [0.1, 0.15) is 44.4 Å². The first kappa shape index (κ1) is 20.7. The van der Waals surface area contributed by atoms with E-state index in [2.05, 4.69) is 20.7 Å². The number of pyridine rings is 1. The molecular formula is C23H25N5O3. The third-order valence-corrected chi connectivity index (χ3v) is 5.59. The van der Waals surface area contributed by atoms with Gasteiger partial charge in [-0.25, -0.2) is 0 Å². The van der Waals surface area contributed by atoms with Crippen molar-refractivity contribution in [2.45, 2.75) is 25.4 Å². The molecule has 0 fully saturated rings. The first-order valence-corrected chi connectivity index (χ1v) is 10.3. The minimum Gasteiger partial charge on any atom is -0.394 e. The molecule has 1 aliphatic heterocycles. The van der Waals surface area contributed by atoms with Crippen LogP contribution in [0.2, 0.25) is 0 Å². The predicted molar refractivity (Wildman–Crippen MR) is 114 cm³/mol. The Morgan fingerprint density at radius 3 is 2.71 bits per heavy atom. The van der Waals surface area contributed by atoms with E-state index < -0.39 is 6.04 Å². The highest BCUT2D eigenvalue weighted by Gasteiger charge is 2.26. The Bertz CT molecular complexity index is 1040. The molecule has 0 aliphatic carbocycles. The van der Waals surface area contributed by atoms with Gasteiger partial charge in [0.2, 0.25) is 0 Å². The second-order valence-corrected chi connectivity index (χ2v) is 7.66. The van der Waals surface area contributed by atoms with Gasteiger partial charge < -0.3 is 15.7 Å². The van der Waals surface area contributed by atoms with Crippen LogP contribution in [0.4, 0.5) is 0 Å². The number of hydrogen-bond donors (Lipinski definition) is 3. The Morgan fingerprint density at radius 1 is 1.13 bits per heavy atom. The Labute approximate surface area is 180 Å². The second-order valence-electron chi connectivity index (χ2n) is 7.66. The maximum atomic E-state index is 12.9. The molecule has 3 N–H and O–H groups in total. The van der Waals surface area contributed by atoms with Gasteiger partial charge in [-0.1, -0.05) is 30.3 Å². The van der Waals surface area contributed by atoms with Crippen LogP contribution in [0.15, 0.2) is 61.1 Å². The van der Waals surface area contributed by atoms with Crippen LogP contribution >= 0.6 is 0 Å². The summed E-state index contributed by atoms with van der Waals surface area (Å²) in [6.45, 7) is 1.02. The van der Waals surface area contributed by atoms with Crippen LogP contribution in [-0.2, 0) is 13.0 Å². The molecular weight excluding hydrogens is 394 g/mol. The summed E-state index contributed by atoms with van der Waals surface area (Å²) in [5.74, 6) is -0.206. The number of aromatic nitrogens is 3. The molecule has 0 saturated carbocycles. The summed E-state index contributed by atoms with van der Waals surface area (Å²) in [5, 5.41) is 20.0. The Hall–Kier alpha value is -3.52. The fourth-order valence-electron chi connectivity index (χ4n) is 3.85. The number of aliphatic hydroxyl groups excluding tert-OH is 1. The number of benzene rings is 1. The summed E-state index contributed by atoms with van der Waals surface area (Å²) < 4.78 is 1.85. The lowest BCUT2D eigenvalue weighted by molar-refractivity contribution is 0.0910. The fraction of sp³-hybridized carbons (Fsp3) is 0.304. The Morgan fingerprint density at radius 2 is 1.97 bits per heavy atom. The Kier molecular flexibility index (Phi) is 6.37. The van der Waals surface area contributed by atoms with Gasteiger partial charge in [0.15, 0.2) is 0 Å². The highest BCUT2D eigenvalue weighted by molar-refractivity contribution is 5.95. The molecule has 2 aromatic heterocycles. The van der Waals surface area contributed by atoms with E-state index in [1.54, 1.807) is 24.5 Å². The molecule has 3 aromatic rings. The molecule has 160 valence electrons. The number of amides is 2. The normalized spacial score (nSPS) is 16.2. The van der Waals surface area contributed by atoms with Crippen molar-refractivity contribution in [1.82, 2.24) is 25.4 Å². The van der Waals surface area contributed by atoms with Gasteiger partial charge in [-0.2, -0.15) is 5.10 Å². The van der Waals surface area contributed by atoms with Gasteiger partial charge in [-0.05, 0) is 36.5 Å². The maximum absolute atomic E-state index is 12.9. The van der Waals surface area contributed by atoms with Crippen LogP contribution in [0, 0.1) is 5.92 Å². The van der Waals surface area contributed by atoms with Crippen molar-refractivity contribution in [2.24, 2.45) is 5.92 Å². The number of fused-ring (bicyclic) bond motifs is 1. The van der Waals surface area contributed by atoms with Crippen LogP contribution in [0.5, 0.6) is 0 Å². The van der Waals surface area contributed by atoms with Crippen LogP contribution in [0.25, 0.3) is 0 Å². The first-order valence-electron chi connectivity index (χ1n) is 10.3. The van der Waals surface area contributed by atoms with Gasteiger partial charge in [0.1, 0.15) is 0 Å². The van der Waals surface area contributed by atoms with E-state index in [0.717, 1.165) is 17.7 Å². The topological polar surface area (TPSA) is 109 Å². The average molecular weight is 419 g/mol. The lowest BCUT2D eigenvalue weighted by atomic mass is 9.94. The van der Waals surface area contributed by atoms with Crippen molar-refractivity contribution in [3.63, 3.8) is 0 Å². The molecule has 3 heterocycles. The Balaban J connectivity index is 1.40. The average Bonchev–Trinajstić information content (AvgIpc) is 3.25. The molecule has 2 amide bonds. The van der Waals surface area contributed by atoms with Gasteiger partial charge >= 0.3 is 0 Å². The van der Waals surface area contributed by atoms with E-state index >= 15 is 0 Å². The van der Waals surface area contributed by atoms with E-state index in [4.69, 9.17) is 0 Å². The van der Waals surface area contributed by atoms with E-state index in [-0.39, 0.29) is 24.3 Å². The lowest BCUT2D eigenvalue weighted by Gasteiger charge is -2.24. The molecule has 0 bridgehead atoms. The van der Waals surface area contributed by atoms with Crippen LogP contribution in [-0.4, -0.2) is 44.8 Å². The van der Waals surface area contributed by atoms with Crippen molar-refractivity contribution in [1.29, 1.82) is 0 Å². The molecule has 8 heteroatoms. The maximum Gasteiger partial charge on any atom is 0.255 e. The molecule has 0 unspecified atom stereocenters. The highest BCUT2D eigenvalue weighted by Crippen LogP contribution is 2.23. The van der Waals surface area contributed by atoms with Crippen LogP contribution in [0.3, 0.4) is 0 Å². The zero-order chi connectivity index (χ0) is 21.6. The molecule has 0 spiro atoms. The molecule has 1 aliphatic rings. The molecule has 31 heavy (non-hydrogen) atoms. The minimum atomic E-state index is -0.484. The van der Waals surface area contributed by atoms with E-state index in [9.17, 15) is 14.7 Å². The van der Waals surface area contributed by atoms with Gasteiger partial charge in [0.25, 0.3) is 11.8 Å². The monoisotopic (exact) mass is 419 g/mol. The molecule has 8 nitrogen and oxygen atoms in total.